The predicted octanol–water partition coefficient (Wildman–Crippen LogP) is 5.82. The first-order valence-corrected chi connectivity index (χ1v) is 7.87. The highest BCUT2D eigenvalue weighted by molar-refractivity contribution is 9.10. The molecule has 0 bridgehead atoms. The molecule has 3 aromatic rings. The van der Waals surface area contributed by atoms with E-state index in [4.69, 9.17) is 11.6 Å². The Bertz CT molecular complexity index is 771. The smallest absolute Gasteiger partial charge is 0.0934 e. The lowest BCUT2D eigenvalue weighted by molar-refractivity contribution is 0.885. The van der Waals surface area contributed by atoms with E-state index >= 15 is 0 Å². The fraction of sp³-hybridized carbons (Fsp3) is 0.118. The summed E-state index contributed by atoms with van der Waals surface area (Å²) in [6.07, 6.45) is 1.80. The molecule has 0 fully saturated rings. The number of halogens is 2. The van der Waals surface area contributed by atoms with Crippen molar-refractivity contribution in [2.24, 2.45) is 0 Å². The summed E-state index contributed by atoms with van der Waals surface area (Å²) in [5.41, 5.74) is 3.10. The van der Waals surface area contributed by atoms with Crippen molar-refractivity contribution >= 4 is 44.1 Å². The van der Waals surface area contributed by atoms with Gasteiger partial charge in [0.05, 0.1) is 11.2 Å². The molecule has 0 saturated carbocycles. The minimum atomic E-state index is 0.168. The summed E-state index contributed by atoms with van der Waals surface area (Å²) < 4.78 is 1.08. The van der Waals surface area contributed by atoms with Gasteiger partial charge in [-0.3, -0.25) is 4.98 Å². The molecule has 1 unspecified atom stereocenters. The quantitative estimate of drug-likeness (QED) is 0.635. The van der Waals surface area contributed by atoms with E-state index in [9.17, 15) is 0 Å². The molecule has 0 aliphatic carbocycles. The molecule has 0 spiro atoms. The maximum absolute atomic E-state index is 6.20. The van der Waals surface area contributed by atoms with E-state index in [0.29, 0.717) is 5.02 Å². The van der Waals surface area contributed by atoms with Crippen LogP contribution in [-0.2, 0) is 0 Å². The zero-order valence-electron chi connectivity index (χ0n) is 11.5. The number of hydrogen-bond acceptors (Lipinski definition) is 2. The number of benzene rings is 2. The number of aromatic nitrogens is 1. The maximum atomic E-state index is 6.20. The monoisotopic (exact) mass is 360 g/mol. The van der Waals surface area contributed by atoms with Gasteiger partial charge in [-0.1, -0.05) is 45.7 Å². The van der Waals surface area contributed by atoms with Gasteiger partial charge in [0.2, 0.25) is 0 Å². The van der Waals surface area contributed by atoms with Crippen LogP contribution in [-0.4, -0.2) is 4.98 Å². The Kier molecular flexibility index (Phi) is 4.13. The van der Waals surface area contributed by atoms with Gasteiger partial charge in [0.15, 0.2) is 0 Å². The normalized spacial score (nSPS) is 12.3. The van der Waals surface area contributed by atoms with Gasteiger partial charge < -0.3 is 5.32 Å². The number of fused-ring (bicyclic) bond motifs is 1. The summed E-state index contributed by atoms with van der Waals surface area (Å²) in [4.78, 5) is 4.45. The van der Waals surface area contributed by atoms with Crippen LogP contribution >= 0.6 is 27.5 Å². The second-order valence-electron chi connectivity index (χ2n) is 4.95. The van der Waals surface area contributed by atoms with Gasteiger partial charge >= 0.3 is 0 Å². The fourth-order valence-electron chi connectivity index (χ4n) is 2.33. The maximum Gasteiger partial charge on any atom is 0.0934 e. The molecular formula is C17H14BrClN2. The molecule has 21 heavy (non-hydrogen) atoms. The average molecular weight is 362 g/mol. The van der Waals surface area contributed by atoms with Crippen LogP contribution in [0.15, 0.2) is 59.2 Å². The van der Waals surface area contributed by atoms with Crippen molar-refractivity contribution in [2.45, 2.75) is 13.0 Å². The molecule has 1 heterocycles. The standard InChI is InChI=1S/C17H14BrClN2/c1-11(12-4-6-14(18)7-5-12)21-16-10-15(19)9-13-3-2-8-20-17(13)16/h2-11,21H,1H3. The molecule has 0 amide bonds. The van der Waals surface area contributed by atoms with Crippen LogP contribution in [0.3, 0.4) is 0 Å². The largest absolute Gasteiger partial charge is 0.377 e. The Morgan fingerprint density at radius 2 is 1.90 bits per heavy atom. The first-order valence-electron chi connectivity index (χ1n) is 6.70. The molecule has 0 aliphatic rings. The third-order valence-electron chi connectivity index (χ3n) is 3.41. The molecule has 3 rings (SSSR count). The zero-order valence-corrected chi connectivity index (χ0v) is 13.8. The van der Waals surface area contributed by atoms with Crippen molar-refractivity contribution in [3.63, 3.8) is 0 Å². The second kappa shape index (κ2) is 6.04. The SMILES string of the molecule is CC(Nc1cc(Cl)cc2cccnc12)c1ccc(Br)cc1. The first-order chi connectivity index (χ1) is 10.1. The molecule has 0 aliphatic heterocycles. The molecule has 0 saturated heterocycles. The fourth-order valence-corrected chi connectivity index (χ4v) is 2.82. The molecule has 106 valence electrons. The second-order valence-corrected chi connectivity index (χ2v) is 6.30. The van der Waals surface area contributed by atoms with Crippen molar-refractivity contribution in [1.82, 2.24) is 4.98 Å². The van der Waals surface area contributed by atoms with Gasteiger partial charge in [-0.2, -0.15) is 0 Å². The molecule has 2 aromatic carbocycles. The van der Waals surface area contributed by atoms with Gasteiger partial charge in [-0.15, -0.1) is 0 Å². The van der Waals surface area contributed by atoms with Gasteiger partial charge in [0.25, 0.3) is 0 Å². The van der Waals surface area contributed by atoms with Crippen LogP contribution in [0, 0.1) is 0 Å². The Labute approximate surface area is 137 Å². The number of rotatable bonds is 3. The van der Waals surface area contributed by atoms with Crippen molar-refractivity contribution in [3.8, 4) is 0 Å². The van der Waals surface area contributed by atoms with Crippen LogP contribution in [0.2, 0.25) is 5.02 Å². The van der Waals surface area contributed by atoms with Crippen LogP contribution in [0.25, 0.3) is 10.9 Å². The van der Waals surface area contributed by atoms with Crippen LogP contribution in [0.5, 0.6) is 0 Å². The van der Waals surface area contributed by atoms with Gasteiger partial charge in [0, 0.05) is 27.1 Å². The summed E-state index contributed by atoms with van der Waals surface area (Å²) in [6.45, 7) is 2.12. The van der Waals surface area contributed by atoms with Crippen LogP contribution in [0.1, 0.15) is 18.5 Å². The molecular weight excluding hydrogens is 348 g/mol. The third kappa shape index (κ3) is 3.20. The zero-order chi connectivity index (χ0) is 14.8. The Balaban J connectivity index is 1.95. The lowest BCUT2D eigenvalue weighted by atomic mass is 10.1. The van der Waals surface area contributed by atoms with Crippen molar-refractivity contribution in [2.75, 3.05) is 5.32 Å². The summed E-state index contributed by atoms with van der Waals surface area (Å²) in [6, 6.07) is 16.2. The highest BCUT2D eigenvalue weighted by Crippen LogP contribution is 2.29. The van der Waals surface area contributed by atoms with Gasteiger partial charge in [0.1, 0.15) is 0 Å². The minimum Gasteiger partial charge on any atom is -0.377 e. The Morgan fingerprint density at radius 3 is 2.67 bits per heavy atom. The van der Waals surface area contributed by atoms with E-state index in [-0.39, 0.29) is 6.04 Å². The lowest BCUT2D eigenvalue weighted by Gasteiger charge is -2.17. The van der Waals surface area contributed by atoms with E-state index < -0.39 is 0 Å². The average Bonchev–Trinajstić information content (AvgIpc) is 2.47. The van der Waals surface area contributed by atoms with Crippen molar-refractivity contribution < 1.29 is 0 Å². The highest BCUT2D eigenvalue weighted by atomic mass is 79.9. The topological polar surface area (TPSA) is 24.9 Å². The van der Waals surface area contributed by atoms with E-state index in [1.807, 2.05) is 36.4 Å². The molecule has 2 nitrogen and oxygen atoms in total. The Morgan fingerprint density at radius 1 is 1.14 bits per heavy atom. The van der Waals surface area contributed by atoms with Gasteiger partial charge in [-0.25, -0.2) is 0 Å². The van der Waals surface area contributed by atoms with E-state index in [0.717, 1.165) is 21.1 Å². The summed E-state index contributed by atoms with van der Waals surface area (Å²) in [5.74, 6) is 0. The predicted molar refractivity (Wildman–Crippen MR) is 92.9 cm³/mol. The molecule has 1 N–H and O–H groups in total. The van der Waals surface area contributed by atoms with Crippen LogP contribution < -0.4 is 5.32 Å². The summed E-state index contributed by atoms with van der Waals surface area (Å²) in [7, 11) is 0. The first kappa shape index (κ1) is 14.4. The summed E-state index contributed by atoms with van der Waals surface area (Å²) in [5, 5.41) is 5.25. The molecule has 0 radical (unpaired) electrons. The third-order valence-corrected chi connectivity index (χ3v) is 4.16. The molecule has 1 atom stereocenters. The van der Waals surface area contributed by atoms with Gasteiger partial charge in [-0.05, 0) is 42.8 Å². The van der Waals surface area contributed by atoms with E-state index in [2.05, 4.69) is 45.3 Å². The van der Waals surface area contributed by atoms with Crippen LogP contribution in [0.4, 0.5) is 5.69 Å². The van der Waals surface area contributed by atoms with E-state index in [1.54, 1.807) is 6.20 Å². The number of nitrogens with one attached hydrogen (secondary N) is 1. The number of anilines is 1. The summed E-state index contributed by atoms with van der Waals surface area (Å²) >= 11 is 9.66. The van der Waals surface area contributed by atoms with E-state index in [1.165, 1.54) is 5.56 Å². The molecule has 1 aromatic heterocycles. The minimum absolute atomic E-state index is 0.168. The number of pyridine rings is 1. The van der Waals surface area contributed by atoms with Crippen molar-refractivity contribution in [1.29, 1.82) is 0 Å². The number of nitrogens with zero attached hydrogens (tertiary/aromatic N) is 1. The molecule has 4 heteroatoms. The lowest BCUT2D eigenvalue weighted by Crippen LogP contribution is -2.07. The van der Waals surface area contributed by atoms with Crippen molar-refractivity contribution in [3.05, 3.63) is 69.8 Å². The Hall–Kier alpha value is -1.58. The highest BCUT2D eigenvalue weighted by Gasteiger charge is 2.09. The number of hydrogen-bond donors (Lipinski definition) is 1.